The standard InChI is InChI=1S/C16H23N5O3S2/c1-12(2)10-17-15(22)11-20-6-8-21(9-7-20)26(23,24)14-5-3-4-13-16(14)19-25-18-13/h3-5,12H,6-11H2,1-2H3,(H,17,22). The molecule has 0 aliphatic carbocycles. The summed E-state index contributed by atoms with van der Waals surface area (Å²) in [5, 5.41) is 2.89. The summed E-state index contributed by atoms with van der Waals surface area (Å²) in [7, 11) is -3.62. The Kier molecular flexibility index (Phi) is 5.86. The molecule has 2 aromatic rings. The van der Waals surface area contributed by atoms with Gasteiger partial charge in [-0.25, -0.2) is 8.42 Å². The number of sulfonamides is 1. The third-order valence-corrected chi connectivity index (χ3v) is 6.75. The largest absolute Gasteiger partial charge is 0.355 e. The van der Waals surface area contributed by atoms with Crippen LogP contribution < -0.4 is 5.32 Å². The summed E-state index contributed by atoms with van der Waals surface area (Å²) in [5.41, 5.74) is 1.02. The van der Waals surface area contributed by atoms with E-state index in [9.17, 15) is 13.2 Å². The first-order valence-corrected chi connectivity index (χ1v) is 10.8. The summed E-state index contributed by atoms with van der Waals surface area (Å²) in [6, 6.07) is 5.02. The van der Waals surface area contributed by atoms with Crippen LogP contribution in [0.15, 0.2) is 23.1 Å². The highest BCUT2D eigenvalue weighted by Crippen LogP contribution is 2.25. The quantitative estimate of drug-likeness (QED) is 0.774. The lowest BCUT2D eigenvalue weighted by atomic mass is 10.2. The van der Waals surface area contributed by atoms with Crippen molar-refractivity contribution in [3.63, 3.8) is 0 Å². The number of benzene rings is 1. The van der Waals surface area contributed by atoms with Gasteiger partial charge in [-0.1, -0.05) is 19.9 Å². The van der Waals surface area contributed by atoms with E-state index in [0.717, 1.165) is 11.7 Å². The molecule has 0 bridgehead atoms. The molecule has 0 spiro atoms. The molecule has 0 unspecified atom stereocenters. The van der Waals surface area contributed by atoms with Crippen molar-refractivity contribution in [1.82, 2.24) is 23.3 Å². The lowest BCUT2D eigenvalue weighted by Gasteiger charge is -2.33. The van der Waals surface area contributed by atoms with Crippen LogP contribution in [0.5, 0.6) is 0 Å². The number of piperazine rings is 1. The molecule has 1 fully saturated rings. The van der Waals surface area contributed by atoms with Gasteiger partial charge in [0.05, 0.1) is 18.3 Å². The summed E-state index contributed by atoms with van der Waals surface area (Å²) in [5.74, 6) is 0.386. The Morgan fingerprint density at radius 2 is 1.96 bits per heavy atom. The molecular weight excluding hydrogens is 374 g/mol. The molecule has 1 aliphatic heterocycles. The van der Waals surface area contributed by atoms with Crippen molar-refractivity contribution in [3.8, 4) is 0 Å². The first-order valence-electron chi connectivity index (χ1n) is 8.58. The van der Waals surface area contributed by atoms with E-state index in [2.05, 4.69) is 14.1 Å². The average Bonchev–Trinajstić information content (AvgIpc) is 3.09. The van der Waals surface area contributed by atoms with Crippen LogP contribution in [0.3, 0.4) is 0 Å². The van der Waals surface area contributed by atoms with E-state index in [4.69, 9.17) is 0 Å². The predicted molar refractivity (Wildman–Crippen MR) is 100 cm³/mol. The smallest absolute Gasteiger partial charge is 0.245 e. The topological polar surface area (TPSA) is 95.5 Å². The Bertz CT molecular complexity index is 873. The van der Waals surface area contributed by atoms with Crippen LogP contribution in [0.2, 0.25) is 0 Å². The molecule has 1 aromatic heterocycles. The number of hydrogen-bond acceptors (Lipinski definition) is 7. The monoisotopic (exact) mass is 397 g/mol. The Morgan fingerprint density at radius 3 is 2.65 bits per heavy atom. The summed E-state index contributed by atoms with van der Waals surface area (Å²) in [6.07, 6.45) is 0. The van der Waals surface area contributed by atoms with Crippen LogP contribution in [0.4, 0.5) is 0 Å². The van der Waals surface area contributed by atoms with Crippen LogP contribution in [-0.2, 0) is 14.8 Å². The molecule has 1 N–H and O–H groups in total. The third kappa shape index (κ3) is 4.20. The minimum Gasteiger partial charge on any atom is -0.355 e. The molecule has 0 radical (unpaired) electrons. The van der Waals surface area contributed by atoms with Crippen molar-refractivity contribution in [2.24, 2.45) is 5.92 Å². The van der Waals surface area contributed by atoms with Crippen molar-refractivity contribution < 1.29 is 13.2 Å². The summed E-state index contributed by atoms with van der Waals surface area (Å²) in [4.78, 5) is 14.1. The van der Waals surface area contributed by atoms with E-state index in [-0.39, 0.29) is 10.8 Å². The van der Waals surface area contributed by atoms with E-state index < -0.39 is 10.0 Å². The second kappa shape index (κ2) is 7.95. The van der Waals surface area contributed by atoms with Crippen molar-refractivity contribution >= 4 is 38.7 Å². The van der Waals surface area contributed by atoms with E-state index in [0.29, 0.717) is 56.2 Å². The number of nitrogens with zero attached hydrogens (tertiary/aromatic N) is 4. The van der Waals surface area contributed by atoms with Crippen LogP contribution in [0, 0.1) is 5.92 Å². The molecule has 8 nitrogen and oxygen atoms in total. The maximum Gasteiger partial charge on any atom is 0.245 e. The highest BCUT2D eigenvalue weighted by Gasteiger charge is 2.31. The number of carbonyl (C=O) groups excluding carboxylic acids is 1. The maximum atomic E-state index is 13.0. The molecule has 0 atom stereocenters. The Balaban J connectivity index is 1.62. The second-order valence-corrected chi connectivity index (χ2v) is 9.20. The van der Waals surface area contributed by atoms with Gasteiger partial charge in [-0.2, -0.15) is 13.1 Å². The molecule has 10 heteroatoms. The molecule has 1 aliphatic rings. The van der Waals surface area contributed by atoms with Gasteiger partial charge in [-0.3, -0.25) is 9.69 Å². The van der Waals surface area contributed by atoms with Crippen molar-refractivity contribution in [3.05, 3.63) is 18.2 Å². The lowest BCUT2D eigenvalue weighted by molar-refractivity contribution is -0.122. The maximum absolute atomic E-state index is 13.0. The predicted octanol–water partition coefficient (Wildman–Crippen LogP) is 0.770. The van der Waals surface area contributed by atoms with Crippen LogP contribution in [0.25, 0.3) is 11.0 Å². The fourth-order valence-electron chi connectivity index (χ4n) is 2.83. The van der Waals surface area contributed by atoms with Gasteiger partial charge in [0.2, 0.25) is 15.9 Å². The van der Waals surface area contributed by atoms with Crippen molar-refractivity contribution in [1.29, 1.82) is 0 Å². The average molecular weight is 398 g/mol. The van der Waals surface area contributed by atoms with Crippen molar-refractivity contribution in [2.75, 3.05) is 39.3 Å². The Morgan fingerprint density at radius 1 is 1.23 bits per heavy atom. The van der Waals surface area contributed by atoms with Gasteiger partial charge < -0.3 is 5.32 Å². The van der Waals surface area contributed by atoms with Crippen LogP contribution >= 0.6 is 11.7 Å². The molecule has 1 amide bonds. The van der Waals surface area contributed by atoms with Gasteiger partial charge in [0.1, 0.15) is 15.9 Å². The van der Waals surface area contributed by atoms with Gasteiger partial charge in [-0.15, -0.1) is 0 Å². The van der Waals surface area contributed by atoms with Crippen LogP contribution in [-0.4, -0.2) is 71.5 Å². The third-order valence-electron chi connectivity index (χ3n) is 4.27. The van der Waals surface area contributed by atoms with E-state index in [1.165, 1.54) is 4.31 Å². The number of rotatable bonds is 6. The number of amides is 1. The van der Waals surface area contributed by atoms with Gasteiger partial charge >= 0.3 is 0 Å². The summed E-state index contributed by atoms with van der Waals surface area (Å²) < 4.78 is 35.6. The molecule has 1 saturated heterocycles. The van der Waals surface area contributed by atoms with Gasteiger partial charge in [-0.05, 0) is 18.1 Å². The second-order valence-electron chi connectivity index (χ2n) is 6.77. The summed E-state index contributed by atoms with van der Waals surface area (Å²) >= 11 is 1.01. The molecule has 0 saturated carbocycles. The zero-order valence-corrected chi connectivity index (χ0v) is 16.5. The summed E-state index contributed by atoms with van der Waals surface area (Å²) in [6.45, 7) is 6.80. The fraction of sp³-hybridized carbons (Fsp3) is 0.562. The van der Waals surface area contributed by atoms with Gasteiger partial charge in [0, 0.05) is 32.7 Å². The molecule has 1 aromatic carbocycles. The van der Waals surface area contributed by atoms with E-state index in [1.54, 1.807) is 18.2 Å². The minimum atomic E-state index is -3.62. The Labute approximate surface area is 157 Å². The van der Waals surface area contributed by atoms with Gasteiger partial charge in [0.25, 0.3) is 0 Å². The molecular formula is C16H23N5O3S2. The Hall–Kier alpha value is -1.62. The number of aromatic nitrogens is 2. The first kappa shape index (κ1) is 19.2. The number of hydrogen-bond donors (Lipinski definition) is 1. The molecule has 2 heterocycles. The van der Waals surface area contributed by atoms with Gasteiger partial charge in [0.15, 0.2) is 0 Å². The van der Waals surface area contributed by atoms with Crippen molar-refractivity contribution in [2.45, 2.75) is 18.7 Å². The zero-order valence-electron chi connectivity index (χ0n) is 14.9. The highest BCUT2D eigenvalue weighted by atomic mass is 32.2. The highest BCUT2D eigenvalue weighted by molar-refractivity contribution is 7.89. The van der Waals surface area contributed by atoms with E-state index >= 15 is 0 Å². The molecule has 26 heavy (non-hydrogen) atoms. The number of carbonyl (C=O) groups is 1. The zero-order chi connectivity index (χ0) is 18.7. The number of nitrogens with one attached hydrogen (secondary N) is 1. The first-order chi connectivity index (χ1) is 12.4. The number of fused-ring (bicyclic) bond motifs is 1. The fourth-order valence-corrected chi connectivity index (χ4v) is 5.01. The molecule has 3 rings (SSSR count). The SMILES string of the molecule is CC(C)CNC(=O)CN1CCN(S(=O)(=O)c2cccc3nsnc23)CC1. The van der Waals surface area contributed by atoms with E-state index in [1.807, 2.05) is 18.7 Å². The normalized spacial score (nSPS) is 17.0. The minimum absolute atomic E-state index is 0.0201. The van der Waals surface area contributed by atoms with Crippen LogP contribution in [0.1, 0.15) is 13.8 Å². The molecule has 142 valence electrons. The lowest BCUT2D eigenvalue weighted by Crippen LogP contribution is -2.51.